The Labute approximate surface area is 517 Å². The average Bonchev–Trinajstić information content (AvgIpc) is 3.46. The van der Waals surface area contributed by atoms with E-state index in [1.807, 2.05) is 0 Å². The van der Waals surface area contributed by atoms with E-state index in [1.165, 1.54) is 141 Å². The van der Waals surface area contributed by atoms with E-state index in [4.69, 9.17) is 37.0 Å². The minimum Gasteiger partial charge on any atom is -0.462 e. The molecule has 2 unspecified atom stereocenters. The van der Waals surface area contributed by atoms with E-state index >= 15 is 0 Å². The molecule has 0 aliphatic heterocycles. The highest BCUT2D eigenvalue weighted by molar-refractivity contribution is 7.47. The Balaban J connectivity index is 5.21. The van der Waals surface area contributed by atoms with E-state index in [9.17, 15) is 43.2 Å². The van der Waals surface area contributed by atoms with Crippen molar-refractivity contribution in [2.45, 2.75) is 349 Å². The lowest BCUT2D eigenvalue weighted by Crippen LogP contribution is -2.30. The van der Waals surface area contributed by atoms with Crippen LogP contribution in [0.15, 0.2) is 0 Å². The molecule has 0 fully saturated rings. The first-order chi connectivity index (χ1) is 40.9. The van der Waals surface area contributed by atoms with E-state index in [2.05, 4.69) is 41.5 Å². The molecule has 504 valence electrons. The van der Waals surface area contributed by atoms with E-state index < -0.39 is 97.5 Å². The van der Waals surface area contributed by atoms with Gasteiger partial charge in [-0.1, -0.05) is 279 Å². The molecular weight excluding hydrogens is 1130 g/mol. The molecule has 0 aliphatic rings. The highest BCUT2D eigenvalue weighted by Gasteiger charge is 2.30. The summed E-state index contributed by atoms with van der Waals surface area (Å²) in [6.07, 6.45) is 41.8. The number of hydrogen-bond acceptors (Lipinski definition) is 15. The summed E-state index contributed by atoms with van der Waals surface area (Å²) in [5.41, 5.74) is 0. The molecule has 0 aliphatic carbocycles. The zero-order chi connectivity index (χ0) is 62.9. The third-order valence-corrected chi connectivity index (χ3v) is 17.1. The van der Waals surface area contributed by atoms with Gasteiger partial charge in [0.25, 0.3) is 0 Å². The van der Waals surface area contributed by atoms with Crippen molar-refractivity contribution in [3.05, 3.63) is 0 Å². The fourth-order valence-electron chi connectivity index (χ4n) is 9.88. The molecule has 17 nitrogen and oxygen atoms in total. The SMILES string of the molecule is CCCCCCCCCCCCC(=O)OC[C@H](COP(=O)(O)OC[C@@H](O)COP(=O)(O)OC[C@@H](COC(=O)CCCCCCCCC(C)C)OC(=O)CCCCCCCCCCCC)OC(=O)CCCCCCCCCCCCCCCC(C)C. The van der Waals surface area contributed by atoms with Crippen molar-refractivity contribution in [1.82, 2.24) is 0 Å². The van der Waals surface area contributed by atoms with Crippen molar-refractivity contribution in [2.75, 3.05) is 39.6 Å². The number of rotatable bonds is 65. The summed E-state index contributed by atoms with van der Waals surface area (Å²) in [4.78, 5) is 72.2. The van der Waals surface area contributed by atoms with Crippen LogP contribution in [-0.4, -0.2) is 96.7 Å². The van der Waals surface area contributed by atoms with E-state index in [0.717, 1.165) is 102 Å². The first-order valence-corrected chi connectivity index (χ1v) is 37.5. The van der Waals surface area contributed by atoms with Crippen LogP contribution >= 0.6 is 15.6 Å². The minimum atomic E-state index is -4.95. The fraction of sp³-hybridized carbons (Fsp3) is 0.939. The number of carbonyl (C=O) groups is 4. The van der Waals surface area contributed by atoms with Crippen LogP contribution in [0.3, 0.4) is 0 Å². The monoisotopic (exact) mass is 1250 g/mol. The van der Waals surface area contributed by atoms with Crippen LogP contribution in [0.25, 0.3) is 0 Å². The maximum absolute atomic E-state index is 13.0. The Bertz CT molecular complexity index is 1670. The van der Waals surface area contributed by atoms with Gasteiger partial charge in [0.15, 0.2) is 12.2 Å². The zero-order valence-electron chi connectivity index (χ0n) is 54.9. The van der Waals surface area contributed by atoms with Crippen molar-refractivity contribution in [2.24, 2.45) is 11.8 Å². The molecule has 0 aromatic carbocycles. The Morgan fingerprint density at radius 2 is 0.541 bits per heavy atom. The standard InChI is InChI=1S/C66H128O17P2/c1-7-9-11-13-15-17-25-29-36-42-48-63(68)76-54-61(82-66(71)51-45-39-31-27-23-21-19-20-22-24-28-34-40-46-58(3)4)56-80-84(72,73)78-52-60(67)53-79-85(74,75)81-57-62(55-77-64(69)49-43-37-33-32-35-41-47-59(5)6)83-65(70)50-44-38-30-26-18-16-14-12-10-8-2/h58-62,67H,7-57H2,1-6H3,(H,72,73)(H,74,75)/t60-,61-,62-/m1/s1. The first-order valence-electron chi connectivity index (χ1n) is 34.5. The summed E-state index contributed by atoms with van der Waals surface area (Å²) in [5.74, 6) is -0.666. The van der Waals surface area contributed by atoms with Gasteiger partial charge in [-0.2, -0.15) is 0 Å². The topological polar surface area (TPSA) is 237 Å². The van der Waals surface area contributed by atoms with Crippen LogP contribution in [-0.2, 0) is 65.4 Å². The number of hydrogen-bond donors (Lipinski definition) is 3. The van der Waals surface area contributed by atoms with Crippen LogP contribution in [0, 0.1) is 11.8 Å². The van der Waals surface area contributed by atoms with Gasteiger partial charge in [-0.05, 0) is 37.5 Å². The van der Waals surface area contributed by atoms with Crippen molar-refractivity contribution < 1.29 is 80.2 Å². The Kier molecular flexibility index (Phi) is 57.1. The number of aliphatic hydroxyl groups excluding tert-OH is 1. The zero-order valence-corrected chi connectivity index (χ0v) is 56.7. The molecule has 0 rings (SSSR count). The number of esters is 4. The van der Waals surface area contributed by atoms with Crippen molar-refractivity contribution in [3.8, 4) is 0 Å². The number of ether oxygens (including phenoxy) is 4. The van der Waals surface area contributed by atoms with Crippen molar-refractivity contribution in [3.63, 3.8) is 0 Å². The van der Waals surface area contributed by atoms with Crippen molar-refractivity contribution in [1.29, 1.82) is 0 Å². The third-order valence-electron chi connectivity index (χ3n) is 15.2. The number of carbonyl (C=O) groups excluding carboxylic acids is 4. The maximum atomic E-state index is 13.0. The van der Waals surface area contributed by atoms with Crippen LogP contribution in [0.2, 0.25) is 0 Å². The second-order valence-corrected chi connectivity index (χ2v) is 27.7. The Morgan fingerprint density at radius 1 is 0.318 bits per heavy atom. The highest BCUT2D eigenvalue weighted by Crippen LogP contribution is 2.45. The molecule has 85 heavy (non-hydrogen) atoms. The molecule has 0 saturated carbocycles. The molecule has 0 radical (unpaired) electrons. The lowest BCUT2D eigenvalue weighted by molar-refractivity contribution is -0.161. The highest BCUT2D eigenvalue weighted by atomic mass is 31.2. The third kappa shape index (κ3) is 60.7. The van der Waals surface area contributed by atoms with Gasteiger partial charge >= 0.3 is 39.5 Å². The van der Waals surface area contributed by atoms with Gasteiger partial charge in [0.2, 0.25) is 0 Å². The first kappa shape index (κ1) is 83.1. The van der Waals surface area contributed by atoms with Gasteiger partial charge in [-0.15, -0.1) is 0 Å². The lowest BCUT2D eigenvalue weighted by atomic mass is 10.0. The summed E-state index contributed by atoms with van der Waals surface area (Å²) < 4.78 is 68.0. The van der Waals surface area contributed by atoms with Gasteiger partial charge in [0.05, 0.1) is 26.4 Å². The van der Waals surface area contributed by atoms with Gasteiger partial charge in [0, 0.05) is 25.7 Å². The molecule has 5 atom stereocenters. The molecule has 0 bridgehead atoms. The number of unbranched alkanes of at least 4 members (excludes halogenated alkanes) is 35. The predicted molar refractivity (Wildman–Crippen MR) is 340 cm³/mol. The molecular formula is C66H128O17P2. The van der Waals surface area contributed by atoms with Gasteiger partial charge in [-0.3, -0.25) is 37.3 Å². The van der Waals surface area contributed by atoms with Gasteiger partial charge in [0.1, 0.15) is 19.3 Å². The predicted octanol–water partition coefficient (Wildman–Crippen LogP) is 18.4. The molecule has 0 aromatic heterocycles. The second kappa shape index (κ2) is 58.4. The summed E-state index contributed by atoms with van der Waals surface area (Å²) in [6, 6.07) is 0. The van der Waals surface area contributed by atoms with E-state index in [0.29, 0.717) is 31.6 Å². The lowest BCUT2D eigenvalue weighted by Gasteiger charge is -2.21. The van der Waals surface area contributed by atoms with Crippen molar-refractivity contribution >= 4 is 39.5 Å². The van der Waals surface area contributed by atoms with Crippen LogP contribution in [0.1, 0.15) is 330 Å². The molecule has 0 spiro atoms. The average molecular weight is 1260 g/mol. The van der Waals surface area contributed by atoms with E-state index in [-0.39, 0.29) is 25.7 Å². The summed E-state index contributed by atoms with van der Waals surface area (Å²) in [7, 11) is -9.89. The number of phosphoric acid groups is 2. The Morgan fingerprint density at radius 3 is 0.800 bits per heavy atom. The van der Waals surface area contributed by atoms with Gasteiger partial charge in [-0.25, -0.2) is 9.13 Å². The molecule has 3 N–H and O–H groups in total. The molecule has 19 heteroatoms. The summed E-state index contributed by atoms with van der Waals surface area (Å²) in [5, 5.41) is 10.5. The van der Waals surface area contributed by atoms with Gasteiger partial charge < -0.3 is 33.8 Å². The normalized spacial score (nSPS) is 14.2. The molecule has 0 amide bonds. The summed E-state index contributed by atoms with van der Waals surface area (Å²) >= 11 is 0. The quantitative estimate of drug-likeness (QED) is 0.0222. The van der Waals surface area contributed by atoms with Crippen LogP contribution < -0.4 is 0 Å². The summed E-state index contributed by atoms with van der Waals surface area (Å²) in [6.45, 7) is 9.43. The molecule has 0 aromatic rings. The Hall–Kier alpha value is -1.94. The fourth-order valence-corrected chi connectivity index (χ4v) is 11.5. The number of aliphatic hydroxyl groups is 1. The second-order valence-electron chi connectivity index (χ2n) is 24.8. The van der Waals surface area contributed by atoms with Crippen LogP contribution in [0.5, 0.6) is 0 Å². The largest absolute Gasteiger partial charge is 0.472 e. The minimum absolute atomic E-state index is 0.105. The smallest absolute Gasteiger partial charge is 0.462 e. The maximum Gasteiger partial charge on any atom is 0.472 e. The molecule has 0 saturated heterocycles. The van der Waals surface area contributed by atoms with E-state index in [1.54, 1.807) is 0 Å². The molecule has 0 heterocycles. The van der Waals surface area contributed by atoms with Crippen LogP contribution in [0.4, 0.5) is 0 Å². The number of phosphoric ester groups is 2.